The number of aliphatic imine (C=N–C) groups is 2. The van der Waals surface area contributed by atoms with E-state index >= 15 is 0 Å². The van der Waals surface area contributed by atoms with E-state index in [1.165, 1.54) is 0 Å². The molecule has 0 unspecified atom stereocenters. The van der Waals surface area contributed by atoms with Gasteiger partial charge in [-0.2, -0.15) is 0 Å². The van der Waals surface area contributed by atoms with Crippen LogP contribution in [0.4, 0.5) is 0 Å². The molecule has 0 N–H and O–H groups in total. The summed E-state index contributed by atoms with van der Waals surface area (Å²) >= 11 is 0. The summed E-state index contributed by atoms with van der Waals surface area (Å²) < 4.78 is 0. The van der Waals surface area contributed by atoms with Crippen LogP contribution in [-0.2, 0) is 19.8 Å². The zero-order valence-electron chi connectivity index (χ0n) is 16.1. The van der Waals surface area contributed by atoms with Gasteiger partial charge in [0.2, 0.25) is 0 Å². The van der Waals surface area contributed by atoms with E-state index in [9.17, 15) is 0 Å². The minimum Gasteiger partial charge on any atom is -0.255 e. The van der Waals surface area contributed by atoms with Crippen LogP contribution in [0.3, 0.4) is 0 Å². The minimum atomic E-state index is 0.921. The third kappa shape index (κ3) is 5.51. The van der Waals surface area contributed by atoms with Crippen LogP contribution in [-0.4, -0.2) is 22.2 Å². The zero-order valence-corrected chi connectivity index (χ0v) is 17.7. The van der Waals surface area contributed by atoms with Crippen molar-refractivity contribution in [3.63, 3.8) is 0 Å². The maximum absolute atomic E-state index is 4.67. The monoisotopic (exact) mass is 422 g/mol. The molecule has 4 heteroatoms. The van der Waals surface area contributed by atoms with Crippen molar-refractivity contribution >= 4 is 42.0 Å². The summed E-state index contributed by atoms with van der Waals surface area (Å²) in [5, 5.41) is 0. The van der Waals surface area contributed by atoms with Gasteiger partial charge in [-0.05, 0) is 35.4 Å². The van der Waals surface area contributed by atoms with Crippen molar-refractivity contribution in [3.8, 4) is 0 Å². The number of allylic oxidation sites excluding steroid dienone is 4. The molecule has 0 amide bonds. The molecular formula is C26H18N2S2. The smallest absolute Gasteiger partial charge is 0.0822 e. The number of benzene rings is 2. The van der Waals surface area contributed by atoms with Crippen molar-refractivity contribution < 1.29 is 0 Å². The van der Waals surface area contributed by atoms with Crippen LogP contribution < -0.4 is 0 Å². The number of hydrogen-bond donors (Lipinski definition) is 0. The second-order valence-electron chi connectivity index (χ2n) is 6.29. The molecule has 0 fully saturated rings. The van der Waals surface area contributed by atoms with Gasteiger partial charge >= 0.3 is 0 Å². The fourth-order valence-corrected chi connectivity index (χ4v) is 4.78. The van der Waals surface area contributed by atoms with E-state index in [-0.39, 0.29) is 0 Å². The lowest BCUT2D eigenvalue weighted by atomic mass is 10.2. The third-order valence-corrected chi connectivity index (χ3v) is 6.56. The lowest BCUT2D eigenvalue weighted by molar-refractivity contribution is 1.48. The highest BCUT2D eigenvalue weighted by molar-refractivity contribution is 8.25. The van der Waals surface area contributed by atoms with Crippen molar-refractivity contribution in [1.82, 2.24) is 0 Å². The fraction of sp³-hybridized carbons (Fsp3) is 0. The highest BCUT2D eigenvalue weighted by atomic mass is 32.8. The van der Waals surface area contributed by atoms with E-state index in [0.29, 0.717) is 0 Å². The van der Waals surface area contributed by atoms with E-state index < -0.39 is 0 Å². The second-order valence-corrected chi connectivity index (χ2v) is 8.51. The van der Waals surface area contributed by atoms with Gasteiger partial charge in [-0.1, -0.05) is 80.5 Å². The largest absolute Gasteiger partial charge is 0.255 e. The molecule has 0 heterocycles. The van der Waals surface area contributed by atoms with Crippen LogP contribution in [0.5, 0.6) is 0 Å². The Bertz CT molecular complexity index is 1190. The number of rotatable bonds is 4. The topological polar surface area (TPSA) is 24.7 Å². The van der Waals surface area contributed by atoms with Crippen LogP contribution in [0.1, 0.15) is 11.1 Å². The van der Waals surface area contributed by atoms with E-state index in [0.717, 1.165) is 32.3 Å². The molecule has 0 spiro atoms. The van der Waals surface area contributed by atoms with Crippen LogP contribution >= 0.6 is 0 Å². The van der Waals surface area contributed by atoms with E-state index in [2.05, 4.69) is 21.4 Å². The summed E-state index contributed by atoms with van der Waals surface area (Å²) in [7, 11) is 3.30. The molecule has 4 rings (SSSR count). The van der Waals surface area contributed by atoms with Gasteiger partial charge in [-0.3, -0.25) is 9.98 Å². The maximum Gasteiger partial charge on any atom is 0.0822 e. The summed E-state index contributed by atoms with van der Waals surface area (Å²) in [5.74, 6) is 0. The highest BCUT2D eigenvalue weighted by Gasteiger charge is 2.04. The van der Waals surface area contributed by atoms with Crippen LogP contribution in [0.25, 0.3) is 0 Å². The Morgan fingerprint density at radius 2 is 1.03 bits per heavy atom. The van der Waals surface area contributed by atoms with Gasteiger partial charge in [0.25, 0.3) is 0 Å². The Hall–Kier alpha value is -3.52. The van der Waals surface area contributed by atoms with E-state index in [1.807, 2.05) is 110 Å². The summed E-state index contributed by atoms with van der Waals surface area (Å²) in [4.78, 5) is 11.4. The van der Waals surface area contributed by atoms with Crippen molar-refractivity contribution in [2.24, 2.45) is 9.98 Å². The first-order valence-electron chi connectivity index (χ1n) is 9.41. The summed E-state index contributed by atoms with van der Waals surface area (Å²) in [6.45, 7) is 0. The van der Waals surface area contributed by atoms with Crippen molar-refractivity contribution in [2.45, 2.75) is 0 Å². The Labute approximate surface area is 182 Å². The van der Waals surface area contributed by atoms with Gasteiger partial charge in [-0.25, -0.2) is 0 Å². The fourth-order valence-electron chi connectivity index (χ4n) is 2.62. The van der Waals surface area contributed by atoms with Gasteiger partial charge in [0.15, 0.2) is 0 Å². The zero-order chi connectivity index (χ0) is 20.4. The first-order chi connectivity index (χ1) is 14.9. The van der Waals surface area contributed by atoms with Crippen molar-refractivity contribution in [2.75, 3.05) is 0 Å². The molecule has 0 saturated carbocycles. The predicted molar refractivity (Wildman–Crippen MR) is 134 cm³/mol. The molecule has 2 aliphatic carbocycles. The first-order valence-corrected chi connectivity index (χ1v) is 11.6. The Balaban J connectivity index is 1.65. The number of nitrogens with zero attached hydrogens (tertiary/aromatic N) is 2. The van der Waals surface area contributed by atoms with Crippen LogP contribution in [0.2, 0.25) is 0 Å². The molecule has 2 nitrogen and oxygen atoms in total. The third-order valence-electron chi connectivity index (χ3n) is 4.13. The normalized spacial score (nSPS) is 15.1. The lowest BCUT2D eigenvalue weighted by Crippen LogP contribution is -2.01. The molecule has 0 aliphatic heterocycles. The van der Waals surface area contributed by atoms with Gasteiger partial charge in [0.1, 0.15) is 0 Å². The summed E-state index contributed by atoms with van der Waals surface area (Å²) in [6, 6.07) is 20.2. The lowest BCUT2D eigenvalue weighted by Gasteiger charge is -2.02. The average Bonchev–Trinajstić information content (AvgIpc) is 2.82. The molecule has 30 heavy (non-hydrogen) atoms. The van der Waals surface area contributed by atoms with Crippen LogP contribution in [0, 0.1) is 0 Å². The molecule has 2 aromatic carbocycles. The second kappa shape index (κ2) is 10.3. The maximum atomic E-state index is 4.67. The number of hydrogen-bond acceptors (Lipinski definition) is 2. The van der Waals surface area contributed by atoms with Crippen molar-refractivity contribution in [1.29, 1.82) is 0 Å². The average molecular weight is 423 g/mol. The van der Waals surface area contributed by atoms with Crippen LogP contribution in [0.15, 0.2) is 130 Å². The molecule has 144 valence electrons. The molecule has 2 aromatic rings. The predicted octanol–water partition coefficient (Wildman–Crippen LogP) is 4.87. The molecule has 0 aromatic heterocycles. The summed E-state index contributed by atoms with van der Waals surface area (Å²) in [5.41, 5.74) is 10.3. The Morgan fingerprint density at radius 3 is 1.47 bits per heavy atom. The molecule has 2 aliphatic rings. The van der Waals surface area contributed by atoms with Gasteiger partial charge in [-0.15, -0.1) is 11.5 Å². The van der Waals surface area contributed by atoms with Crippen molar-refractivity contribution in [3.05, 3.63) is 131 Å². The molecule has 0 radical (unpaired) electrons. The molecular weight excluding hydrogens is 404 g/mol. The Kier molecular flexibility index (Phi) is 6.80. The van der Waals surface area contributed by atoms with Gasteiger partial charge < -0.3 is 0 Å². The molecule has 0 atom stereocenters. The summed E-state index contributed by atoms with van der Waals surface area (Å²) in [6.07, 6.45) is 15.4. The molecule has 0 bridgehead atoms. The van der Waals surface area contributed by atoms with E-state index in [1.54, 1.807) is 19.8 Å². The minimum absolute atomic E-state index is 0.921. The SMILES string of the molecule is C1=CC=C(N=Cc2ccccc2)C(=S=S=C2C=C=CC=C2N=Cc2ccccc2)C=1. The quantitative estimate of drug-likeness (QED) is 0.382. The standard InChI is InChI=1S/C26H18N2S2/c1-3-11-21(12-4-1)19-27-23-15-7-9-17-25(23)29-30-26-18-10-8-16-24(26)28-20-22-13-5-2-6-14-22/h1-8,11-20H. The highest BCUT2D eigenvalue weighted by Crippen LogP contribution is 2.08. The van der Waals surface area contributed by atoms with E-state index in [4.69, 9.17) is 0 Å². The van der Waals surface area contributed by atoms with Gasteiger partial charge in [0, 0.05) is 24.6 Å². The first kappa shape index (κ1) is 19.8. The Morgan fingerprint density at radius 1 is 0.600 bits per heavy atom. The van der Waals surface area contributed by atoms with Gasteiger partial charge in [0.05, 0.1) is 21.1 Å². The molecule has 0 saturated heterocycles.